The summed E-state index contributed by atoms with van der Waals surface area (Å²) < 4.78 is 11.9. The van der Waals surface area contributed by atoms with Gasteiger partial charge < -0.3 is 20.9 Å². The Hall–Kier alpha value is -11.3. The number of ether oxygens (including phenoxy) is 2. The summed E-state index contributed by atoms with van der Waals surface area (Å²) in [6.07, 6.45) is 3.26. The van der Waals surface area contributed by atoms with Crippen LogP contribution in [-0.4, -0.2) is 40.8 Å². The first kappa shape index (κ1) is 59.3. The van der Waals surface area contributed by atoms with Crippen LogP contribution in [0.2, 0.25) is 0 Å². The van der Waals surface area contributed by atoms with E-state index in [-0.39, 0.29) is 77.9 Å². The normalized spacial score (nSPS) is 14.9. The van der Waals surface area contributed by atoms with Crippen LogP contribution < -0.4 is 20.9 Å². The van der Waals surface area contributed by atoms with Gasteiger partial charge in [0.1, 0.15) is 82.2 Å². The summed E-state index contributed by atoms with van der Waals surface area (Å²) >= 11 is 9.24. The van der Waals surface area contributed by atoms with E-state index >= 15 is 0 Å². The Balaban J connectivity index is 0.807. The molecule has 17 nitrogen and oxygen atoms in total. The first-order chi connectivity index (χ1) is 44.7. The molecule has 4 aliphatic carbocycles. The summed E-state index contributed by atoms with van der Waals surface area (Å²) in [5.41, 5.74) is 22.2. The molecule has 23 heteroatoms. The van der Waals surface area contributed by atoms with Gasteiger partial charge in [0, 0.05) is 104 Å². The second-order valence-electron chi connectivity index (χ2n) is 23.0. The molecule has 0 unspecified atom stereocenters. The Bertz CT molecular complexity index is 5340. The third-order valence-corrected chi connectivity index (χ3v) is 24.9. The third kappa shape index (κ3) is 8.48. The summed E-state index contributed by atoms with van der Waals surface area (Å²) in [5.74, 6) is 0.164. The molecule has 0 atom stereocenters. The highest BCUT2D eigenvalue weighted by atomic mass is 32.1. The number of fused-ring (bicyclic) bond motifs is 9. The average molecular weight is 1320 g/mol. The van der Waals surface area contributed by atoms with Gasteiger partial charge in [0.15, 0.2) is 11.6 Å². The van der Waals surface area contributed by atoms with Crippen molar-refractivity contribution in [3.8, 4) is 120 Å². The molecule has 4 aliphatic rings. The molecule has 0 amide bonds. The summed E-state index contributed by atoms with van der Waals surface area (Å²) in [6, 6.07) is 33.4. The van der Waals surface area contributed by atoms with Crippen LogP contribution in [0.4, 0.5) is 11.4 Å². The highest BCUT2D eigenvalue weighted by Gasteiger charge is 2.44. The van der Waals surface area contributed by atoms with Crippen LogP contribution >= 0.6 is 68.0 Å². The number of nitrogens with zero attached hydrogens (tertiary/aromatic N) is 11. The summed E-state index contributed by atoms with van der Waals surface area (Å²) in [6.45, 7) is 11.2. The molecule has 0 saturated carbocycles. The summed E-state index contributed by atoms with van der Waals surface area (Å²) in [4.78, 5) is 40.7. The number of methoxy groups -OCH3 is 2. The quantitative estimate of drug-likeness (QED) is 0.0770. The van der Waals surface area contributed by atoms with Crippen molar-refractivity contribution in [2.75, 3.05) is 25.7 Å². The van der Waals surface area contributed by atoms with Gasteiger partial charge in [-0.2, -0.15) is 57.1 Å². The number of benzene rings is 3. The van der Waals surface area contributed by atoms with Gasteiger partial charge in [-0.25, -0.2) is 0 Å². The fourth-order valence-electron chi connectivity index (χ4n) is 12.8. The van der Waals surface area contributed by atoms with Gasteiger partial charge in [0.2, 0.25) is 0 Å². The molecule has 93 heavy (non-hydrogen) atoms. The minimum Gasteiger partial charge on any atom is -0.495 e. The molecule has 4 N–H and O–H groups in total. The van der Waals surface area contributed by atoms with Crippen molar-refractivity contribution < 1.29 is 19.1 Å². The van der Waals surface area contributed by atoms with Crippen LogP contribution in [0.1, 0.15) is 121 Å². The Labute approximate surface area is 554 Å². The molecule has 444 valence electrons. The minimum absolute atomic E-state index is 0.0130. The number of thiophene rings is 6. The summed E-state index contributed by atoms with van der Waals surface area (Å²) in [7, 11) is 3.14. The summed E-state index contributed by atoms with van der Waals surface area (Å²) in [5, 5.41) is 89.5. The van der Waals surface area contributed by atoms with Crippen molar-refractivity contribution in [3.63, 3.8) is 0 Å². The zero-order valence-electron chi connectivity index (χ0n) is 49.8. The molecule has 0 bridgehead atoms. The number of nitrogen functional groups attached to an aromatic ring is 2. The standard InChI is InChI=1S/C70H39N13O4S6/c1-8-83-81-59-55(49-17-43-63(90-49)65-45(69(43,2)3)19-51(92-65)67-47(86-6)15-35(88-67)13-41-53(33(25-75)26-76)37-9-29(21-71)31(23-73)11-39(37)61(41)84)57(79)58(80)56(60(59)82-83)50-18-44-64(91-50)66-46(70(44,4)5)20-52(93-66)68-48(87-7)16-36(89-68)14-42-54(34(27-77)28-78)38-10-30(22-72)32(24-74)12-40(38)62(42)85/h9-20H,8,79-80H2,1-7H3/b41-13-,42-14-. The van der Waals surface area contributed by atoms with Gasteiger partial charge in [-0.3, -0.25) is 9.59 Å². The number of hydrogen-bond donors (Lipinski definition) is 2. The number of ketones is 2. The molecule has 0 aliphatic heterocycles. The van der Waals surface area contributed by atoms with E-state index in [1.165, 1.54) is 46.9 Å². The Morgan fingerprint density at radius 3 is 1.12 bits per heavy atom. The predicted molar refractivity (Wildman–Crippen MR) is 362 cm³/mol. The number of aryl methyl sites for hydroxylation is 1. The van der Waals surface area contributed by atoms with Gasteiger partial charge in [0.25, 0.3) is 0 Å². The number of allylic oxidation sites excluding steroid dienone is 6. The lowest BCUT2D eigenvalue weighted by atomic mass is 9.83. The van der Waals surface area contributed by atoms with Crippen molar-refractivity contribution in [1.82, 2.24) is 15.0 Å². The first-order valence-electron chi connectivity index (χ1n) is 28.2. The van der Waals surface area contributed by atoms with Crippen LogP contribution in [0.25, 0.3) is 94.2 Å². The molecule has 0 spiro atoms. The zero-order chi connectivity index (χ0) is 65.6. The number of carbonyl (C=O) groups is 2. The molecule has 7 aromatic heterocycles. The van der Waals surface area contributed by atoms with Crippen LogP contribution in [-0.2, 0) is 17.4 Å². The van der Waals surface area contributed by atoms with Crippen LogP contribution in [0.3, 0.4) is 0 Å². The largest absolute Gasteiger partial charge is 0.495 e. The number of nitrogens with two attached hydrogens (primary N) is 2. The molecule has 14 rings (SSSR count). The van der Waals surface area contributed by atoms with Crippen LogP contribution in [0, 0.1) is 90.6 Å². The monoisotopic (exact) mass is 1320 g/mol. The SMILES string of the molecule is CCn1nc2c(-c3cc4c(s3)-c3sc(-c5sc(/C=C6\C(=O)c7cc(C#N)c(C#N)cc7C6=C(C#N)C#N)cc5OC)cc3C4(C)C)c(N)c(N)c(-c3cc4c(s3)-c3sc(-c5sc(/C=C6\C(=O)c7cc(C#N)c(C#N)cc7C6=C(C#N)C#N)cc5OC)cc3C4(C)C)c2n1. The molecule has 3 aromatic carbocycles. The van der Waals surface area contributed by atoms with E-state index in [4.69, 9.17) is 31.1 Å². The van der Waals surface area contributed by atoms with Crippen LogP contribution in [0.15, 0.2) is 83.0 Å². The number of carbonyl (C=O) groups excluding carboxylic acids is 2. The maximum atomic E-state index is 14.1. The van der Waals surface area contributed by atoms with E-state index in [1.54, 1.807) is 76.5 Å². The average Bonchev–Trinajstić information content (AvgIpc) is 1.56. The molecular weight excluding hydrogens is 1280 g/mol. The maximum Gasteiger partial charge on any atom is 0.194 e. The van der Waals surface area contributed by atoms with E-state index in [0.29, 0.717) is 61.3 Å². The maximum absolute atomic E-state index is 14.1. The lowest BCUT2D eigenvalue weighted by molar-refractivity contribution is 0.103. The van der Waals surface area contributed by atoms with Gasteiger partial charge in [-0.05, 0) is 113 Å². The number of aromatic nitrogens is 3. The third-order valence-electron chi connectivity index (χ3n) is 17.5. The lowest BCUT2D eigenvalue weighted by Crippen LogP contribution is -2.13. The van der Waals surface area contributed by atoms with E-state index in [1.807, 2.05) is 67.6 Å². The second kappa shape index (κ2) is 21.4. The number of Topliss-reactive ketones (excluding diaryl/α,β-unsaturated/α-hetero) is 2. The van der Waals surface area contributed by atoms with Gasteiger partial charge in [-0.15, -0.1) is 68.0 Å². The van der Waals surface area contributed by atoms with Crippen LogP contribution in [0.5, 0.6) is 11.5 Å². The van der Waals surface area contributed by atoms with E-state index in [2.05, 4.69) is 52.0 Å². The number of hydrogen-bond acceptors (Lipinski definition) is 22. The zero-order valence-corrected chi connectivity index (χ0v) is 54.7. The van der Waals surface area contributed by atoms with Gasteiger partial charge in [-0.1, -0.05) is 27.7 Å². The number of rotatable bonds is 9. The molecule has 0 radical (unpaired) electrons. The topological polar surface area (TPSA) is 326 Å². The van der Waals surface area contributed by atoms with Crippen molar-refractivity contribution in [2.45, 2.75) is 52.0 Å². The molecular formula is C70H39N13O4S6. The van der Waals surface area contributed by atoms with Crippen molar-refractivity contribution in [3.05, 3.63) is 159 Å². The first-order valence-corrected chi connectivity index (χ1v) is 33.1. The Morgan fingerprint density at radius 1 is 0.484 bits per heavy atom. The fourth-order valence-corrected chi connectivity index (χ4v) is 20.9. The smallest absolute Gasteiger partial charge is 0.194 e. The Kier molecular flexibility index (Phi) is 13.7. The fraction of sp³-hybridized carbons (Fsp3) is 0.143. The van der Waals surface area contributed by atoms with E-state index in [9.17, 15) is 51.7 Å². The molecule has 0 fully saturated rings. The predicted octanol–water partition coefficient (Wildman–Crippen LogP) is 15.9. The highest BCUT2D eigenvalue weighted by molar-refractivity contribution is 7.29. The molecule has 0 saturated heterocycles. The highest BCUT2D eigenvalue weighted by Crippen LogP contribution is 2.63. The van der Waals surface area contributed by atoms with Gasteiger partial charge in [0.05, 0.1) is 64.1 Å². The van der Waals surface area contributed by atoms with E-state index < -0.39 is 22.4 Å². The molecule has 10 aromatic rings. The lowest BCUT2D eigenvalue weighted by Gasteiger charge is -2.19. The second-order valence-corrected chi connectivity index (χ2v) is 29.4. The minimum atomic E-state index is -0.477. The number of anilines is 2. The van der Waals surface area contributed by atoms with Crippen molar-refractivity contribution in [2.24, 2.45) is 0 Å². The van der Waals surface area contributed by atoms with Crippen molar-refractivity contribution >= 4 is 125 Å². The molecule has 7 heterocycles. The number of nitriles is 8. The van der Waals surface area contributed by atoms with E-state index in [0.717, 1.165) is 71.0 Å². The Morgan fingerprint density at radius 2 is 0.806 bits per heavy atom. The van der Waals surface area contributed by atoms with Gasteiger partial charge >= 0.3 is 0 Å². The van der Waals surface area contributed by atoms with Crippen molar-refractivity contribution in [1.29, 1.82) is 42.1 Å².